The Hall–Kier alpha value is -0.610. The minimum Gasteiger partial charge on any atom is -0.481 e. The van der Waals surface area contributed by atoms with Crippen molar-refractivity contribution in [3.05, 3.63) is 0 Å². The second kappa shape index (κ2) is 3.51. The summed E-state index contributed by atoms with van der Waals surface area (Å²) < 4.78 is 0. The van der Waals surface area contributed by atoms with Crippen molar-refractivity contribution < 1.29 is 15.0 Å². The van der Waals surface area contributed by atoms with Gasteiger partial charge in [0.15, 0.2) is 0 Å². The largest absolute Gasteiger partial charge is 0.481 e. The lowest BCUT2D eigenvalue weighted by Gasteiger charge is -2.30. The topological polar surface area (TPSA) is 60.8 Å². The molecule has 0 aromatic heterocycles. The molecule has 4 nitrogen and oxygen atoms in total. The zero-order valence-corrected chi connectivity index (χ0v) is 8.28. The van der Waals surface area contributed by atoms with E-state index in [0.717, 1.165) is 32.4 Å². The van der Waals surface area contributed by atoms with Crippen molar-refractivity contribution in [1.29, 1.82) is 0 Å². The Labute approximate surface area is 83.5 Å². The molecule has 0 aromatic rings. The average molecular weight is 199 g/mol. The van der Waals surface area contributed by atoms with Gasteiger partial charge < -0.3 is 15.1 Å². The summed E-state index contributed by atoms with van der Waals surface area (Å²) in [6.45, 7) is 2.71. The first-order chi connectivity index (χ1) is 6.69. The summed E-state index contributed by atoms with van der Waals surface area (Å²) in [7, 11) is 0. The Morgan fingerprint density at radius 2 is 2.36 bits per heavy atom. The van der Waals surface area contributed by atoms with Crippen LogP contribution in [-0.2, 0) is 4.79 Å². The molecule has 1 saturated heterocycles. The molecular formula is C10H17NO3. The van der Waals surface area contributed by atoms with Gasteiger partial charge in [-0.1, -0.05) is 0 Å². The predicted octanol–water partition coefficient (Wildman–Crippen LogP) is 0.165. The lowest BCUT2D eigenvalue weighted by atomic mass is 9.97. The molecule has 1 saturated carbocycles. The molecule has 2 atom stereocenters. The molecule has 1 aliphatic heterocycles. The van der Waals surface area contributed by atoms with Gasteiger partial charge >= 0.3 is 5.97 Å². The first-order valence-electron chi connectivity index (χ1n) is 5.25. The normalized spacial score (nSPS) is 36.5. The number of carbonyl (C=O) groups is 1. The summed E-state index contributed by atoms with van der Waals surface area (Å²) in [6, 6.07) is 0. The molecule has 0 bridgehead atoms. The number of carboxylic acid groups (broad SMARTS) is 1. The van der Waals surface area contributed by atoms with Crippen LogP contribution in [-0.4, -0.2) is 47.3 Å². The van der Waals surface area contributed by atoms with Gasteiger partial charge in [0, 0.05) is 19.7 Å². The highest BCUT2D eigenvalue weighted by Crippen LogP contribution is 2.57. The Balaban J connectivity index is 1.90. The maximum atomic E-state index is 11.1. The molecule has 0 radical (unpaired) electrons. The summed E-state index contributed by atoms with van der Waals surface area (Å²) in [4.78, 5) is 13.2. The van der Waals surface area contributed by atoms with E-state index in [1.807, 2.05) is 0 Å². The van der Waals surface area contributed by atoms with E-state index in [4.69, 9.17) is 10.2 Å². The van der Waals surface area contributed by atoms with Crippen LogP contribution in [0.25, 0.3) is 0 Å². The van der Waals surface area contributed by atoms with Gasteiger partial charge in [-0.3, -0.25) is 4.79 Å². The zero-order valence-electron chi connectivity index (χ0n) is 8.28. The minimum absolute atomic E-state index is 0.194. The van der Waals surface area contributed by atoms with E-state index >= 15 is 0 Å². The Morgan fingerprint density at radius 3 is 3.00 bits per heavy atom. The van der Waals surface area contributed by atoms with Crippen LogP contribution < -0.4 is 0 Å². The molecule has 0 amide bonds. The third-order valence-corrected chi connectivity index (χ3v) is 3.59. The summed E-state index contributed by atoms with van der Waals surface area (Å²) in [5, 5.41) is 17.8. The number of fused-ring (bicyclic) bond motifs is 1. The van der Waals surface area contributed by atoms with Gasteiger partial charge in [-0.2, -0.15) is 0 Å². The maximum absolute atomic E-state index is 11.1. The minimum atomic E-state index is -0.629. The Kier molecular flexibility index (Phi) is 2.49. The van der Waals surface area contributed by atoms with Crippen LogP contribution in [0.4, 0.5) is 0 Å². The molecule has 2 aliphatic rings. The first-order valence-corrected chi connectivity index (χ1v) is 5.25. The molecule has 2 rings (SSSR count). The standard InChI is InChI=1S/C10H17NO3/c12-5-1-3-11-4-2-8-6-10(8,7-11)9(13)14/h8,12H,1-7H2,(H,13,14). The number of nitrogens with zero attached hydrogens (tertiary/aromatic N) is 1. The van der Waals surface area contributed by atoms with Crippen molar-refractivity contribution in [3.8, 4) is 0 Å². The highest BCUT2D eigenvalue weighted by molar-refractivity contribution is 5.79. The summed E-state index contributed by atoms with van der Waals surface area (Å²) in [6.07, 6.45) is 2.62. The highest BCUT2D eigenvalue weighted by Gasteiger charge is 2.62. The number of aliphatic carboxylic acids is 1. The lowest BCUT2D eigenvalue weighted by molar-refractivity contribution is -0.145. The van der Waals surface area contributed by atoms with Crippen molar-refractivity contribution in [1.82, 2.24) is 4.90 Å². The van der Waals surface area contributed by atoms with Crippen LogP contribution in [0.15, 0.2) is 0 Å². The van der Waals surface area contributed by atoms with Gasteiger partial charge in [0.1, 0.15) is 0 Å². The number of carboxylic acids is 1. The average Bonchev–Trinajstić information content (AvgIpc) is 2.89. The van der Waals surface area contributed by atoms with Crippen molar-refractivity contribution >= 4 is 5.97 Å². The van der Waals surface area contributed by atoms with Gasteiger partial charge in [0.05, 0.1) is 5.41 Å². The summed E-state index contributed by atoms with van der Waals surface area (Å²) in [5.41, 5.74) is -0.423. The van der Waals surface area contributed by atoms with E-state index in [9.17, 15) is 4.79 Å². The Morgan fingerprint density at radius 1 is 1.57 bits per heavy atom. The zero-order chi connectivity index (χ0) is 10.2. The van der Waals surface area contributed by atoms with Crippen molar-refractivity contribution in [2.24, 2.45) is 11.3 Å². The van der Waals surface area contributed by atoms with E-state index in [1.54, 1.807) is 0 Å². The number of rotatable bonds is 4. The molecule has 0 spiro atoms. The third kappa shape index (κ3) is 1.53. The van der Waals surface area contributed by atoms with Crippen LogP contribution in [0, 0.1) is 11.3 Å². The second-order valence-corrected chi connectivity index (χ2v) is 4.50. The van der Waals surface area contributed by atoms with Crippen LogP contribution in [0.2, 0.25) is 0 Å². The van der Waals surface area contributed by atoms with Crippen molar-refractivity contribution in [2.75, 3.05) is 26.2 Å². The van der Waals surface area contributed by atoms with Crippen LogP contribution in [0.3, 0.4) is 0 Å². The molecular weight excluding hydrogens is 182 g/mol. The fraction of sp³-hybridized carbons (Fsp3) is 0.900. The van der Waals surface area contributed by atoms with Crippen LogP contribution in [0.1, 0.15) is 19.3 Å². The van der Waals surface area contributed by atoms with Crippen molar-refractivity contribution in [3.63, 3.8) is 0 Å². The molecule has 2 N–H and O–H groups in total. The van der Waals surface area contributed by atoms with Gasteiger partial charge in [0.25, 0.3) is 0 Å². The number of hydrogen-bond acceptors (Lipinski definition) is 3. The van der Waals surface area contributed by atoms with Crippen LogP contribution in [0.5, 0.6) is 0 Å². The summed E-state index contributed by atoms with van der Waals surface area (Å²) in [5.74, 6) is -0.207. The van der Waals surface area contributed by atoms with E-state index in [-0.39, 0.29) is 6.61 Å². The van der Waals surface area contributed by atoms with Gasteiger partial charge in [-0.15, -0.1) is 0 Å². The second-order valence-electron chi connectivity index (χ2n) is 4.50. The lowest BCUT2D eigenvalue weighted by Crippen LogP contribution is -2.41. The molecule has 1 aliphatic carbocycles. The fourth-order valence-corrected chi connectivity index (χ4v) is 2.58. The quantitative estimate of drug-likeness (QED) is 0.677. The third-order valence-electron chi connectivity index (χ3n) is 3.59. The first kappa shape index (κ1) is 9.93. The molecule has 0 aromatic carbocycles. The van der Waals surface area contributed by atoms with Crippen molar-refractivity contribution in [2.45, 2.75) is 19.3 Å². The molecule has 2 unspecified atom stereocenters. The predicted molar refractivity (Wildman–Crippen MR) is 50.9 cm³/mol. The fourth-order valence-electron chi connectivity index (χ4n) is 2.58. The van der Waals surface area contributed by atoms with Gasteiger partial charge in [0.2, 0.25) is 0 Å². The number of hydrogen-bond donors (Lipinski definition) is 2. The molecule has 14 heavy (non-hydrogen) atoms. The van der Waals surface area contributed by atoms with E-state index < -0.39 is 11.4 Å². The number of aliphatic hydroxyl groups excluding tert-OH is 1. The number of aliphatic hydroxyl groups is 1. The molecule has 1 heterocycles. The highest BCUT2D eigenvalue weighted by atomic mass is 16.4. The molecule has 2 fully saturated rings. The SMILES string of the molecule is O=C(O)C12CC1CCN(CCCO)C2. The van der Waals surface area contributed by atoms with E-state index in [1.165, 1.54) is 0 Å². The van der Waals surface area contributed by atoms with E-state index in [2.05, 4.69) is 4.90 Å². The number of likely N-dealkylation sites (tertiary alicyclic amines) is 1. The Bertz CT molecular complexity index is 244. The molecule has 4 heteroatoms. The smallest absolute Gasteiger partial charge is 0.311 e. The molecule has 80 valence electrons. The van der Waals surface area contributed by atoms with E-state index in [0.29, 0.717) is 12.5 Å². The van der Waals surface area contributed by atoms with Gasteiger partial charge in [-0.25, -0.2) is 0 Å². The maximum Gasteiger partial charge on any atom is 0.311 e. The summed E-state index contributed by atoms with van der Waals surface area (Å²) >= 11 is 0. The van der Waals surface area contributed by atoms with Gasteiger partial charge in [-0.05, 0) is 31.7 Å². The van der Waals surface area contributed by atoms with Crippen LogP contribution >= 0.6 is 0 Å². The monoisotopic (exact) mass is 199 g/mol. The number of piperidine rings is 1.